The Kier molecular flexibility index (Phi) is 7.16. The van der Waals surface area contributed by atoms with E-state index in [4.69, 9.17) is 9.88 Å². The van der Waals surface area contributed by atoms with Crippen LogP contribution in [0.1, 0.15) is 22.8 Å². The SMILES string of the molecule is COCCN(C)Cc1nc(Cc2cccc(C)c2)n(-c2ccc(S(N)(=O)=O)cc2F)n1. The van der Waals surface area contributed by atoms with E-state index in [1.54, 1.807) is 7.11 Å². The molecule has 0 amide bonds. The molecule has 10 heteroatoms. The van der Waals surface area contributed by atoms with Gasteiger partial charge in [-0.1, -0.05) is 29.8 Å². The Balaban J connectivity index is 2.00. The molecule has 0 radical (unpaired) electrons. The zero-order chi connectivity index (χ0) is 22.6. The number of aryl methyl sites for hydroxylation is 1. The molecule has 0 saturated heterocycles. The number of sulfonamides is 1. The number of likely N-dealkylation sites (N-methyl/N-ethyl adjacent to an activating group) is 1. The van der Waals surface area contributed by atoms with Gasteiger partial charge in [-0.3, -0.25) is 4.90 Å². The van der Waals surface area contributed by atoms with Gasteiger partial charge in [-0.05, 0) is 37.7 Å². The minimum atomic E-state index is -4.01. The second-order valence-corrected chi connectivity index (χ2v) is 8.97. The van der Waals surface area contributed by atoms with Gasteiger partial charge in [0.15, 0.2) is 5.82 Å². The molecule has 1 heterocycles. The van der Waals surface area contributed by atoms with Crippen molar-refractivity contribution < 1.29 is 17.5 Å². The van der Waals surface area contributed by atoms with Crippen molar-refractivity contribution in [2.24, 2.45) is 5.14 Å². The van der Waals surface area contributed by atoms with Crippen molar-refractivity contribution in [2.45, 2.75) is 24.8 Å². The molecule has 0 aliphatic rings. The summed E-state index contributed by atoms with van der Waals surface area (Å²) in [6.07, 6.45) is 0.437. The summed E-state index contributed by atoms with van der Waals surface area (Å²) in [5.41, 5.74) is 2.22. The third-order valence-electron chi connectivity index (χ3n) is 4.73. The average Bonchev–Trinajstić information content (AvgIpc) is 3.07. The molecule has 3 aromatic rings. The largest absolute Gasteiger partial charge is 0.383 e. The molecule has 2 aromatic carbocycles. The summed E-state index contributed by atoms with van der Waals surface area (Å²) in [5.74, 6) is 0.320. The number of nitrogens with two attached hydrogens (primary N) is 1. The maximum Gasteiger partial charge on any atom is 0.238 e. The number of halogens is 1. The van der Waals surface area contributed by atoms with Crippen LogP contribution in [0, 0.1) is 12.7 Å². The van der Waals surface area contributed by atoms with Crippen LogP contribution in [0.2, 0.25) is 0 Å². The number of rotatable bonds is 9. The van der Waals surface area contributed by atoms with Crippen molar-refractivity contribution in [3.63, 3.8) is 0 Å². The summed E-state index contributed by atoms with van der Waals surface area (Å²) < 4.78 is 44.5. The van der Waals surface area contributed by atoms with E-state index in [2.05, 4.69) is 10.1 Å². The highest BCUT2D eigenvalue weighted by Gasteiger charge is 2.18. The molecule has 166 valence electrons. The molecule has 0 bridgehead atoms. The number of primary sulfonamides is 1. The Hall–Kier alpha value is -2.66. The summed E-state index contributed by atoms with van der Waals surface area (Å²) in [5, 5.41) is 9.62. The van der Waals surface area contributed by atoms with Crippen molar-refractivity contribution in [2.75, 3.05) is 27.3 Å². The highest BCUT2D eigenvalue weighted by Crippen LogP contribution is 2.20. The smallest absolute Gasteiger partial charge is 0.238 e. The maximum absolute atomic E-state index is 14.9. The normalized spacial score (nSPS) is 11.9. The lowest BCUT2D eigenvalue weighted by Gasteiger charge is -2.13. The van der Waals surface area contributed by atoms with E-state index in [0.29, 0.717) is 37.8 Å². The lowest BCUT2D eigenvalue weighted by molar-refractivity contribution is 0.157. The van der Waals surface area contributed by atoms with Gasteiger partial charge >= 0.3 is 0 Å². The van der Waals surface area contributed by atoms with Gasteiger partial charge in [-0.2, -0.15) is 0 Å². The predicted molar refractivity (Wildman–Crippen MR) is 115 cm³/mol. The number of aromatic nitrogens is 3. The topological polar surface area (TPSA) is 103 Å². The fourth-order valence-electron chi connectivity index (χ4n) is 3.17. The van der Waals surface area contributed by atoms with Crippen LogP contribution in [0.3, 0.4) is 0 Å². The molecule has 31 heavy (non-hydrogen) atoms. The lowest BCUT2D eigenvalue weighted by Crippen LogP contribution is -2.23. The van der Waals surface area contributed by atoms with E-state index in [9.17, 15) is 12.8 Å². The van der Waals surface area contributed by atoms with Gasteiger partial charge in [0.05, 0.1) is 18.0 Å². The summed E-state index contributed by atoms with van der Waals surface area (Å²) in [7, 11) is -0.459. The minimum Gasteiger partial charge on any atom is -0.383 e. The summed E-state index contributed by atoms with van der Waals surface area (Å²) in [6.45, 7) is 3.71. The lowest BCUT2D eigenvalue weighted by atomic mass is 10.1. The fourth-order valence-corrected chi connectivity index (χ4v) is 3.70. The molecule has 0 aliphatic heterocycles. The standard InChI is InChI=1S/C21H26FN5O3S/c1-15-5-4-6-16(11-15)12-21-24-20(14-26(2)9-10-30-3)25-27(21)19-8-7-17(13-18(19)22)31(23,28)29/h4-8,11,13H,9-10,12,14H2,1-3H3,(H2,23,28,29). The molecular weight excluding hydrogens is 421 g/mol. The molecule has 1 aromatic heterocycles. The van der Waals surface area contributed by atoms with Gasteiger partial charge in [-0.15, -0.1) is 5.10 Å². The Morgan fingerprint density at radius 2 is 2.00 bits per heavy atom. The third kappa shape index (κ3) is 5.95. The molecule has 3 rings (SSSR count). The van der Waals surface area contributed by atoms with Gasteiger partial charge in [-0.25, -0.2) is 27.6 Å². The minimum absolute atomic E-state index is 0.105. The number of ether oxygens (including phenoxy) is 1. The molecular formula is C21H26FN5O3S. The van der Waals surface area contributed by atoms with Crippen LogP contribution in [-0.4, -0.2) is 55.4 Å². The second-order valence-electron chi connectivity index (χ2n) is 7.41. The number of hydrogen-bond donors (Lipinski definition) is 1. The van der Waals surface area contributed by atoms with E-state index in [1.807, 2.05) is 43.1 Å². The van der Waals surface area contributed by atoms with Crippen LogP contribution in [-0.2, 0) is 27.7 Å². The number of methoxy groups -OCH3 is 1. The summed E-state index contributed by atoms with van der Waals surface area (Å²) >= 11 is 0. The molecule has 8 nitrogen and oxygen atoms in total. The Labute approximate surface area is 181 Å². The van der Waals surface area contributed by atoms with Crippen molar-refractivity contribution in [1.29, 1.82) is 0 Å². The monoisotopic (exact) mass is 447 g/mol. The molecule has 0 atom stereocenters. The Morgan fingerprint density at radius 3 is 2.65 bits per heavy atom. The van der Waals surface area contributed by atoms with Gasteiger partial charge in [0, 0.05) is 20.1 Å². The predicted octanol–water partition coefficient (Wildman–Crippen LogP) is 2.03. The van der Waals surface area contributed by atoms with Crippen molar-refractivity contribution in [1.82, 2.24) is 19.7 Å². The quantitative estimate of drug-likeness (QED) is 0.538. The van der Waals surface area contributed by atoms with Gasteiger partial charge in [0.2, 0.25) is 10.0 Å². The molecule has 0 spiro atoms. The van der Waals surface area contributed by atoms with Crippen molar-refractivity contribution in [3.05, 3.63) is 71.1 Å². The van der Waals surface area contributed by atoms with E-state index in [-0.39, 0.29) is 10.6 Å². The molecule has 0 unspecified atom stereocenters. The second kappa shape index (κ2) is 9.65. The fraction of sp³-hybridized carbons (Fsp3) is 0.333. The Morgan fingerprint density at radius 1 is 1.23 bits per heavy atom. The highest BCUT2D eigenvalue weighted by molar-refractivity contribution is 7.89. The average molecular weight is 448 g/mol. The van der Waals surface area contributed by atoms with Gasteiger partial charge in [0.25, 0.3) is 0 Å². The Bertz CT molecular complexity index is 1160. The zero-order valence-corrected chi connectivity index (χ0v) is 18.6. The van der Waals surface area contributed by atoms with Crippen LogP contribution < -0.4 is 5.14 Å². The van der Waals surface area contributed by atoms with Crippen LogP contribution in [0.4, 0.5) is 4.39 Å². The first-order valence-corrected chi connectivity index (χ1v) is 11.2. The summed E-state index contributed by atoms with van der Waals surface area (Å²) in [4.78, 5) is 6.33. The van der Waals surface area contributed by atoms with Gasteiger partial charge < -0.3 is 4.74 Å². The summed E-state index contributed by atoms with van der Waals surface area (Å²) in [6, 6.07) is 11.5. The first kappa shape index (κ1) is 23.0. The van der Waals surface area contributed by atoms with Crippen LogP contribution in [0.5, 0.6) is 0 Å². The zero-order valence-electron chi connectivity index (χ0n) is 17.7. The number of nitrogens with zero attached hydrogens (tertiary/aromatic N) is 4. The molecule has 0 fully saturated rings. The van der Waals surface area contributed by atoms with Crippen LogP contribution in [0.25, 0.3) is 5.69 Å². The number of benzene rings is 2. The van der Waals surface area contributed by atoms with Crippen LogP contribution >= 0.6 is 0 Å². The first-order chi connectivity index (χ1) is 14.7. The van der Waals surface area contributed by atoms with E-state index in [0.717, 1.165) is 17.2 Å². The van der Waals surface area contributed by atoms with E-state index < -0.39 is 15.8 Å². The van der Waals surface area contributed by atoms with Crippen molar-refractivity contribution >= 4 is 10.0 Å². The van der Waals surface area contributed by atoms with Crippen molar-refractivity contribution in [3.8, 4) is 5.69 Å². The molecule has 0 aliphatic carbocycles. The molecule has 2 N–H and O–H groups in total. The maximum atomic E-state index is 14.9. The van der Waals surface area contributed by atoms with Crippen LogP contribution in [0.15, 0.2) is 47.4 Å². The third-order valence-corrected chi connectivity index (χ3v) is 5.64. The number of hydrogen-bond acceptors (Lipinski definition) is 6. The van der Waals surface area contributed by atoms with E-state index in [1.165, 1.54) is 16.8 Å². The highest BCUT2D eigenvalue weighted by atomic mass is 32.2. The first-order valence-electron chi connectivity index (χ1n) is 9.68. The van der Waals surface area contributed by atoms with E-state index >= 15 is 0 Å². The molecule has 0 saturated carbocycles. The van der Waals surface area contributed by atoms with Gasteiger partial charge in [0.1, 0.15) is 17.3 Å².